The van der Waals surface area contributed by atoms with Gasteiger partial charge in [0.15, 0.2) is 0 Å². The number of hydrogen-bond acceptors (Lipinski definition) is 3. The Bertz CT molecular complexity index is 244. The van der Waals surface area contributed by atoms with Crippen molar-refractivity contribution in [3.05, 3.63) is 0 Å². The van der Waals surface area contributed by atoms with Crippen molar-refractivity contribution in [1.29, 1.82) is 0 Å². The Hall–Kier alpha value is -0.640. The number of carbonyl (C=O) groups is 1. The van der Waals surface area contributed by atoms with Gasteiger partial charge in [-0.25, -0.2) is 4.39 Å². The summed E-state index contributed by atoms with van der Waals surface area (Å²) in [6.07, 6.45) is 0.105. The van der Waals surface area contributed by atoms with E-state index in [9.17, 15) is 9.18 Å². The fourth-order valence-corrected chi connectivity index (χ4v) is 2.21. The number of halogens is 1. The molecular weight excluding hydrogens is 187 g/mol. The fraction of sp³-hybridized carbons (Fsp3) is 0.900. The van der Waals surface area contributed by atoms with E-state index in [2.05, 4.69) is 0 Å². The molecule has 3 atom stereocenters. The second-order valence-corrected chi connectivity index (χ2v) is 4.05. The van der Waals surface area contributed by atoms with Gasteiger partial charge in [0.25, 0.3) is 0 Å². The molecule has 4 heteroatoms. The molecule has 0 aromatic carbocycles. The van der Waals surface area contributed by atoms with Crippen LogP contribution in [0.15, 0.2) is 0 Å². The minimum absolute atomic E-state index is 0.263. The van der Waals surface area contributed by atoms with Gasteiger partial charge in [-0.05, 0) is 13.3 Å². The van der Waals surface area contributed by atoms with Gasteiger partial charge in [-0.3, -0.25) is 4.79 Å². The lowest BCUT2D eigenvalue weighted by Crippen LogP contribution is -2.34. The average molecular weight is 202 g/mol. The maximum Gasteiger partial charge on any atom is 0.309 e. The summed E-state index contributed by atoms with van der Waals surface area (Å²) >= 11 is 0. The fourth-order valence-electron chi connectivity index (χ4n) is 2.21. The third kappa shape index (κ3) is 1.41. The van der Waals surface area contributed by atoms with E-state index in [0.29, 0.717) is 32.7 Å². The molecule has 1 spiro atoms. The van der Waals surface area contributed by atoms with Gasteiger partial charge in [0.05, 0.1) is 19.1 Å². The van der Waals surface area contributed by atoms with Crippen LogP contribution in [-0.2, 0) is 14.3 Å². The molecule has 0 radical (unpaired) electrons. The molecule has 1 saturated carbocycles. The smallest absolute Gasteiger partial charge is 0.309 e. The number of rotatable bonds is 2. The van der Waals surface area contributed by atoms with E-state index in [1.165, 1.54) is 0 Å². The summed E-state index contributed by atoms with van der Waals surface area (Å²) < 4.78 is 23.7. The van der Waals surface area contributed by atoms with Gasteiger partial charge in [0, 0.05) is 18.4 Å². The molecular formula is C10H15FO3. The first-order valence-corrected chi connectivity index (χ1v) is 5.09. The van der Waals surface area contributed by atoms with E-state index in [-0.39, 0.29) is 11.9 Å². The zero-order valence-corrected chi connectivity index (χ0v) is 8.29. The molecule has 0 N–H and O–H groups in total. The average Bonchev–Trinajstić information content (AvgIpc) is 2.87. The highest BCUT2D eigenvalue weighted by molar-refractivity contribution is 5.77. The Morgan fingerprint density at radius 1 is 1.71 bits per heavy atom. The van der Waals surface area contributed by atoms with E-state index in [1.807, 2.05) is 0 Å². The molecule has 14 heavy (non-hydrogen) atoms. The summed E-state index contributed by atoms with van der Waals surface area (Å²) in [4.78, 5) is 11.4. The Labute approximate surface area is 82.6 Å². The highest BCUT2D eigenvalue weighted by Crippen LogP contribution is 2.59. The van der Waals surface area contributed by atoms with Gasteiger partial charge < -0.3 is 9.47 Å². The molecule has 2 rings (SSSR count). The number of carbonyl (C=O) groups excluding carboxylic acids is 1. The Morgan fingerprint density at radius 3 is 3.14 bits per heavy atom. The Balaban J connectivity index is 1.97. The molecule has 1 aliphatic carbocycles. The molecule has 1 aliphatic heterocycles. The second kappa shape index (κ2) is 3.50. The van der Waals surface area contributed by atoms with Gasteiger partial charge in [0.1, 0.15) is 6.17 Å². The van der Waals surface area contributed by atoms with Gasteiger partial charge in [-0.1, -0.05) is 0 Å². The molecule has 0 aromatic rings. The van der Waals surface area contributed by atoms with Crippen molar-refractivity contribution in [2.24, 2.45) is 11.3 Å². The lowest BCUT2D eigenvalue weighted by molar-refractivity contribution is -0.147. The van der Waals surface area contributed by atoms with Crippen molar-refractivity contribution < 1.29 is 18.7 Å². The van der Waals surface area contributed by atoms with Crippen molar-refractivity contribution >= 4 is 5.97 Å². The Morgan fingerprint density at radius 2 is 2.50 bits per heavy atom. The van der Waals surface area contributed by atoms with E-state index in [4.69, 9.17) is 9.47 Å². The van der Waals surface area contributed by atoms with Crippen LogP contribution >= 0.6 is 0 Å². The van der Waals surface area contributed by atoms with Gasteiger partial charge in [-0.15, -0.1) is 0 Å². The van der Waals surface area contributed by atoms with Crippen LogP contribution in [0.4, 0.5) is 4.39 Å². The largest absolute Gasteiger partial charge is 0.466 e. The van der Waals surface area contributed by atoms with Crippen LogP contribution in [0.1, 0.15) is 19.8 Å². The molecule has 3 unspecified atom stereocenters. The van der Waals surface area contributed by atoms with Gasteiger partial charge in [0.2, 0.25) is 0 Å². The van der Waals surface area contributed by atoms with Crippen molar-refractivity contribution in [2.45, 2.75) is 25.9 Å². The zero-order valence-electron chi connectivity index (χ0n) is 8.29. The van der Waals surface area contributed by atoms with Crippen LogP contribution in [0.2, 0.25) is 0 Å². The van der Waals surface area contributed by atoms with E-state index in [0.717, 1.165) is 0 Å². The molecule has 80 valence electrons. The normalized spacial score (nSPS) is 41.0. The molecule has 2 aliphatic rings. The maximum absolute atomic E-state index is 13.6. The molecule has 1 heterocycles. The zero-order chi connectivity index (χ0) is 10.2. The molecule has 0 bridgehead atoms. The van der Waals surface area contributed by atoms with E-state index >= 15 is 0 Å². The number of alkyl halides is 1. The van der Waals surface area contributed by atoms with Crippen LogP contribution in [-0.4, -0.2) is 32.0 Å². The number of hydrogen-bond donors (Lipinski definition) is 0. The van der Waals surface area contributed by atoms with Crippen molar-refractivity contribution in [3.8, 4) is 0 Å². The third-order valence-corrected chi connectivity index (χ3v) is 3.20. The molecule has 0 amide bonds. The van der Waals surface area contributed by atoms with Crippen molar-refractivity contribution in [2.75, 3.05) is 19.8 Å². The van der Waals surface area contributed by atoms with Crippen LogP contribution in [0, 0.1) is 11.3 Å². The van der Waals surface area contributed by atoms with Gasteiger partial charge >= 0.3 is 5.97 Å². The minimum atomic E-state index is -0.898. The summed E-state index contributed by atoms with van der Waals surface area (Å²) in [6.45, 7) is 2.97. The first-order chi connectivity index (χ1) is 6.70. The predicted molar refractivity (Wildman–Crippen MR) is 47.5 cm³/mol. The van der Waals surface area contributed by atoms with Crippen molar-refractivity contribution in [3.63, 3.8) is 0 Å². The third-order valence-electron chi connectivity index (χ3n) is 3.20. The molecule has 2 fully saturated rings. The summed E-state index contributed by atoms with van der Waals surface area (Å²) in [5.74, 6) is -0.529. The van der Waals surface area contributed by atoms with E-state index < -0.39 is 11.6 Å². The van der Waals surface area contributed by atoms with Crippen LogP contribution in [0.25, 0.3) is 0 Å². The summed E-state index contributed by atoms with van der Waals surface area (Å²) in [7, 11) is 0. The van der Waals surface area contributed by atoms with Crippen LogP contribution in [0.3, 0.4) is 0 Å². The number of esters is 1. The van der Waals surface area contributed by atoms with E-state index in [1.54, 1.807) is 6.92 Å². The maximum atomic E-state index is 13.6. The lowest BCUT2D eigenvalue weighted by atomic mass is 9.94. The predicted octanol–water partition coefficient (Wildman–Crippen LogP) is 1.31. The quantitative estimate of drug-likeness (QED) is 0.633. The highest BCUT2D eigenvalue weighted by Gasteiger charge is 2.65. The second-order valence-electron chi connectivity index (χ2n) is 4.05. The van der Waals surface area contributed by atoms with Gasteiger partial charge in [-0.2, -0.15) is 0 Å². The minimum Gasteiger partial charge on any atom is -0.466 e. The van der Waals surface area contributed by atoms with Crippen LogP contribution < -0.4 is 0 Å². The molecule has 1 saturated heterocycles. The lowest BCUT2D eigenvalue weighted by Gasteiger charge is -2.26. The summed E-state index contributed by atoms with van der Waals surface area (Å²) in [5.41, 5.74) is -0.537. The first-order valence-electron chi connectivity index (χ1n) is 5.09. The first kappa shape index (κ1) is 9.90. The monoisotopic (exact) mass is 202 g/mol. The highest BCUT2D eigenvalue weighted by atomic mass is 19.1. The van der Waals surface area contributed by atoms with Crippen molar-refractivity contribution in [1.82, 2.24) is 0 Å². The van der Waals surface area contributed by atoms with Crippen LogP contribution in [0.5, 0.6) is 0 Å². The Kier molecular flexibility index (Phi) is 2.47. The molecule has 0 aromatic heterocycles. The standard InChI is InChI=1S/C10H15FO3/c1-2-14-9(12)7-5-10(7)6-13-4-3-8(10)11/h7-8H,2-6H2,1H3. The summed E-state index contributed by atoms with van der Waals surface area (Å²) in [5, 5.41) is 0. The topological polar surface area (TPSA) is 35.5 Å². The number of ether oxygens (including phenoxy) is 2. The molecule has 3 nitrogen and oxygen atoms in total. The SMILES string of the molecule is CCOC(=O)C1CC12COCCC2F. The summed E-state index contributed by atoms with van der Waals surface area (Å²) in [6, 6.07) is 0.